The molecule has 0 aromatic heterocycles. The van der Waals surface area contributed by atoms with Crippen LogP contribution in [0.4, 0.5) is 0 Å². The first-order valence-electron chi connectivity index (χ1n) is 4.93. The van der Waals surface area contributed by atoms with Gasteiger partial charge in [-0.1, -0.05) is 29.3 Å². The van der Waals surface area contributed by atoms with Gasteiger partial charge in [-0.25, -0.2) is 0 Å². The van der Waals surface area contributed by atoms with Crippen molar-refractivity contribution in [3.8, 4) is 0 Å². The van der Waals surface area contributed by atoms with E-state index in [4.69, 9.17) is 27.9 Å². The summed E-state index contributed by atoms with van der Waals surface area (Å²) < 4.78 is 4.82. The summed E-state index contributed by atoms with van der Waals surface area (Å²) >= 11 is 12.0. The van der Waals surface area contributed by atoms with Crippen molar-refractivity contribution in [2.75, 3.05) is 13.2 Å². The van der Waals surface area contributed by atoms with Crippen LogP contribution in [0.3, 0.4) is 0 Å². The predicted octanol–water partition coefficient (Wildman–Crippen LogP) is 1.88. The molecule has 17 heavy (non-hydrogen) atoms. The van der Waals surface area contributed by atoms with Gasteiger partial charge < -0.3 is 4.74 Å². The number of carbonyl (C=O) groups is 2. The molecule has 4 nitrogen and oxygen atoms in total. The quantitative estimate of drug-likeness (QED) is 0.773. The molecule has 1 aliphatic heterocycles. The van der Waals surface area contributed by atoms with E-state index in [1.807, 2.05) is 0 Å². The summed E-state index contributed by atoms with van der Waals surface area (Å²) in [5.74, 6) is -0.755. The molecule has 0 N–H and O–H groups in total. The van der Waals surface area contributed by atoms with E-state index in [0.717, 1.165) is 4.90 Å². The third-order valence-corrected chi connectivity index (χ3v) is 3.14. The summed E-state index contributed by atoms with van der Waals surface area (Å²) in [6.45, 7) is -0.0961. The Hall–Kier alpha value is -1.10. The normalized spacial score (nSPS) is 16.5. The van der Waals surface area contributed by atoms with Crippen LogP contribution in [0, 0.1) is 0 Å². The van der Waals surface area contributed by atoms with Crippen LogP contribution >= 0.6 is 23.2 Å². The number of morpholine rings is 1. The summed E-state index contributed by atoms with van der Waals surface area (Å²) in [7, 11) is 0. The van der Waals surface area contributed by atoms with Crippen LogP contribution in [0.2, 0.25) is 10.0 Å². The maximum Gasteiger partial charge on any atom is 0.255 e. The van der Waals surface area contributed by atoms with Crippen LogP contribution in [0.5, 0.6) is 0 Å². The summed E-state index contributed by atoms with van der Waals surface area (Å²) in [6.07, 6.45) is 0. The molecule has 0 saturated carbocycles. The first-order valence-corrected chi connectivity index (χ1v) is 5.69. The Balaban J connectivity index is 2.25. The highest BCUT2D eigenvalue weighted by Gasteiger charge is 2.27. The van der Waals surface area contributed by atoms with Gasteiger partial charge in [-0.2, -0.15) is 0 Å². The molecular formula is C11H9Cl2NO3. The van der Waals surface area contributed by atoms with Crippen LogP contribution in [0.15, 0.2) is 18.2 Å². The number of nitrogens with zero attached hydrogens (tertiary/aromatic N) is 1. The van der Waals surface area contributed by atoms with Gasteiger partial charge in [-0.15, -0.1) is 0 Å². The predicted molar refractivity (Wildman–Crippen MR) is 62.8 cm³/mol. The maximum absolute atomic E-state index is 11.5. The average Bonchev–Trinajstić information content (AvgIpc) is 2.27. The third kappa shape index (κ3) is 2.60. The Morgan fingerprint density at radius 3 is 2.18 bits per heavy atom. The molecule has 1 fully saturated rings. The molecule has 0 aliphatic carbocycles. The van der Waals surface area contributed by atoms with Crippen LogP contribution in [0.25, 0.3) is 0 Å². The van der Waals surface area contributed by atoms with Gasteiger partial charge in [-0.05, 0) is 12.1 Å². The first-order chi connectivity index (χ1) is 8.09. The number of rotatable bonds is 2. The number of hydrogen-bond donors (Lipinski definition) is 0. The Morgan fingerprint density at radius 2 is 1.65 bits per heavy atom. The molecule has 1 heterocycles. The van der Waals surface area contributed by atoms with Gasteiger partial charge in [0.1, 0.15) is 13.2 Å². The lowest BCUT2D eigenvalue weighted by molar-refractivity contribution is -0.159. The Bertz CT molecular complexity index is 440. The third-order valence-electron chi connectivity index (χ3n) is 2.43. The number of amides is 2. The second kappa shape index (κ2) is 5.04. The second-order valence-corrected chi connectivity index (χ2v) is 4.38. The zero-order valence-corrected chi connectivity index (χ0v) is 10.3. The Labute approximate surface area is 108 Å². The molecule has 6 heteroatoms. The minimum atomic E-state index is -0.378. The number of hydrogen-bond acceptors (Lipinski definition) is 3. The lowest BCUT2D eigenvalue weighted by Crippen LogP contribution is -2.45. The van der Waals surface area contributed by atoms with Gasteiger partial charge >= 0.3 is 0 Å². The highest BCUT2D eigenvalue weighted by molar-refractivity contribution is 6.36. The molecule has 0 spiro atoms. The SMILES string of the molecule is O=C1COCC(=O)N1Cc1c(Cl)cccc1Cl. The van der Waals surface area contributed by atoms with Crippen molar-refractivity contribution in [1.29, 1.82) is 0 Å². The van der Waals surface area contributed by atoms with Crippen LogP contribution in [-0.2, 0) is 20.9 Å². The van der Waals surface area contributed by atoms with Crippen LogP contribution < -0.4 is 0 Å². The van der Waals surface area contributed by atoms with Gasteiger partial charge in [-0.3, -0.25) is 14.5 Å². The minimum absolute atomic E-state index is 0.0829. The van der Waals surface area contributed by atoms with E-state index < -0.39 is 0 Å². The van der Waals surface area contributed by atoms with E-state index in [0.29, 0.717) is 15.6 Å². The van der Waals surface area contributed by atoms with E-state index in [1.165, 1.54) is 0 Å². The van der Waals surface area contributed by atoms with Gasteiger partial charge in [0.25, 0.3) is 11.8 Å². The van der Waals surface area contributed by atoms with E-state index >= 15 is 0 Å². The van der Waals surface area contributed by atoms with Gasteiger partial charge in [0.2, 0.25) is 0 Å². The molecule has 1 aromatic rings. The summed E-state index contributed by atoms with van der Waals surface area (Å²) in [6, 6.07) is 5.04. The number of halogens is 2. The fourth-order valence-corrected chi connectivity index (χ4v) is 2.06. The zero-order chi connectivity index (χ0) is 12.4. The molecular weight excluding hydrogens is 265 g/mol. The highest BCUT2D eigenvalue weighted by Crippen LogP contribution is 2.26. The van der Waals surface area contributed by atoms with Crippen molar-refractivity contribution in [1.82, 2.24) is 4.90 Å². The van der Waals surface area contributed by atoms with Crippen LogP contribution in [-0.4, -0.2) is 29.9 Å². The van der Waals surface area contributed by atoms with Gasteiger partial charge in [0.05, 0.1) is 6.54 Å². The molecule has 0 radical (unpaired) electrons. The number of ether oxygens (including phenoxy) is 1. The van der Waals surface area contributed by atoms with Gasteiger partial charge in [0.15, 0.2) is 0 Å². The topological polar surface area (TPSA) is 46.6 Å². The summed E-state index contributed by atoms with van der Waals surface area (Å²) in [5, 5.41) is 0.870. The fourth-order valence-electron chi connectivity index (χ4n) is 1.54. The summed E-state index contributed by atoms with van der Waals surface area (Å²) in [5.41, 5.74) is 0.569. The smallest absolute Gasteiger partial charge is 0.255 e. The van der Waals surface area contributed by atoms with Crippen LogP contribution in [0.1, 0.15) is 5.56 Å². The lowest BCUT2D eigenvalue weighted by Gasteiger charge is -2.25. The fraction of sp³-hybridized carbons (Fsp3) is 0.273. The van der Waals surface area contributed by atoms with E-state index in [2.05, 4.69) is 0 Å². The van der Waals surface area contributed by atoms with E-state index in [-0.39, 0.29) is 31.6 Å². The number of carbonyl (C=O) groups excluding carboxylic acids is 2. The first kappa shape index (κ1) is 12.4. The Kier molecular flexibility index (Phi) is 3.66. The van der Waals surface area contributed by atoms with Crippen molar-refractivity contribution in [3.05, 3.63) is 33.8 Å². The molecule has 1 aliphatic rings. The molecule has 2 amide bonds. The minimum Gasteiger partial charge on any atom is -0.362 e. The van der Waals surface area contributed by atoms with Gasteiger partial charge in [0, 0.05) is 15.6 Å². The van der Waals surface area contributed by atoms with Crippen molar-refractivity contribution in [2.45, 2.75) is 6.54 Å². The standard InChI is InChI=1S/C11H9Cl2NO3/c12-8-2-1-3-9(13)7(8)4-14-10(15)5-17-6-11(14)16/h1-3H,4-6H2. The largest absolute Gasteiger partial charge is 0.362 e. The monoisotopic (exact) mass is 273 g/mol. The Morgan fingerprint density at radius 1 is 1.12 bits per heavy atom. The molecule has 1 saturated heterocycles. The van der Waals surface area contributed by atoms with E-state index in [1.54, 1.807) is 18.2 Å². The summed E-state index contributed by atoms with van der Waals surface area (Å²) in [4.78, 5) is 24.2. The number of benzene rings is 1. The lowest BCUT2D eigenvalue weighted by atomic mass is 10.2. The second-order valence-electron chi connectivity index (χ2n) is 3.57. The van der Waals surface area contributed by atoms with Crippen molar-refractivity contribution >= 4 is 35.0 Å². The molecule has 0 atom stereocenters. The molecule has 0 unspecified atom stereocenters. The molecule has 0 bridgehead atoms. The average molecular weight is 274 g/mol. The number of imide groups is 1. The van der Waals surface area contributed by atoms with Crippen molar-refractivity contribution in [3.63, 3.8) is 0 Å². The molecule has 2 rings (SSSR count). The highest BCUT2D eigenvalue weighted by atomic mass is 35.5. The zero-order valence-electron chi connectivity index (χ0n) is 8.78. The maximum atomic E-state index is 11.5. The molecule has 90 valence electrons. The van der Waals surface area contributed by atoms with Crippen molar-refractivity contribution in [2.24, 2.45) is 0 Å². The van der Waals surface area contributed by atoms with E-state index in [9.17, 15) is 9.59 Å². The molecule has 1 aromatic carbocycles. The van der Waals surface area contributed by atoms with Crippen molar-refractivity contribution < 1.29 is 14.3 Å².